The van der Waals surface area contributed by atoms with Gasteiger partial charge < -0.3 is 14.8 Å². The van der Waals surface area contributed by atoms with Crippen LogP contribution in [0.25, 0.3) is 0 Å². The van der Waals surface area contributed by atoms with Crippen molar-refractivity contribution in [1.29, 1.82) is 0 Å². The van der Waals surface area contributed by atoms with Crippen molar-refractivity contribution < 1.29 is 9.47 Å². The zero-order valence-corrected chi connectivity index (χ0v) is 13.6. The molecule has 0 amide bonds. The normalized spacial score (nSPS) is 20.4. The summed E-state index contributed by atoms with van der Waals surface area (Å²) < 4.78 is 10.9. The van der Waals surface area contributed by atoms with Crippen molar-refractivity contribution in [2.24, 2.45) is 0 Å². The van der Waals surface area contributed by atoms with E-state index in [1.54, 1.807) is 14.2 Å². The average Bonchev–Trinajstić information content (AvgIpc) is 2.54. The zero-order valence-electron chi connectivity index (χ0n) is 13.6. The molecule has 2 aromatic carbocycles. The molecule has 2 aromatic rings. The summed E-state index contributed by atoms with van der Waals surface area (Å²) >= 11 is 0. The van der Waals surface area contributed by atoms with Crippen LogP contribution in [0.5, 0.6) is 11.5 Å². The fourth-order valence-corrected chi connectivity index (χ4v) is 3.20. The minimum absolute atomic E-state index is 0.287. The monoisotopic (exact) mass is 297 g/mol. The molecule has 0 unspecified atom stereocenters. The van der Waals surface area contributed by atoms with Gasteiger partial charge in [0.05, 0.1) is 14.2 Å². The van der Waals surface area contributed by atoms with Crippen LogP contribution in [0.15, 0.2) is 36.4 Å². The third-order valence-corrected chi connectivity index (χ3v) is 4.47. The lowest BCUT2D eigenvalue weighted by atomic mass is 9.87. The van der Waals surface area contributed by atoms with Crippen LogP contribution in [0, 0.1) is 6.92 Å². The molecule has 0 radical (unpaired) electrons. The molecule has 1 aliphatic heterocycles. The Balaban J connectivity index is 1.96. The molecule has 0 spiro atoms. The smallest absolute Gasteiger partial charge is 0.161 e. The molecule has 0 saturated carbocycles. The number of ether oxygens (including phenoxy) is 2. The molecule has 3 nitrogen and oxygen atoms in total. The number of rotatable bonds is 3. The number of hydrogen-bond donors (Lipinski definition) is 1. The predicted octanol–water partition coefficient (Wildman–Crippen LogP) is 3.96. The minimum Gasteiger partial charge on any atom is -0.493 e. The molecule has 0 fully saturated rings. The number of methoxy groups -OCH3 is 2. The van der Waals surface area contributed by atoms with Crippen molar-refractivity contribution in [3.63, 3.8) is 0 Å². The van der Waals surface area contributed by atoms with Crippen LogP contribution in [0.4, 0.5) is 0 Å². The van der Waals surface area contributed by atoms with Crippen LogP contribution in [0.3, 0.4) is 0 Å². The van der Waals surface area contributed by atoms with E-state index >= 15 is 0 Å². The first-order chi connectivity index (χ1) is 10.6. The van der Waals surface area contributed by atoms with Crippen molar-refractivity contribution in [1.82, 2.24) is 5.32 Å². The maximum absolute atomic E-state index is 5.45. The minimum atomic E-state index is 0.287. The summed E-state index contributed by atoms with van der Waals surface area (Å²) in [7, 11) is 3.37. The Morgan fingerprint density at radius 2 is 1.64 bits per heavy atom. The third kappa shape index (κ3) is 2.69. The summed E-state index contributed by atoms with van der Waals surface area (Å²) in [5, 5.41) is 3.70. The van der Waals surface area contributed by atoms with Gasteiger partial charge >= 0.3 is 0 Å². The topological polar surface area (TPSA) is 30.5 Å². The standard InChI is InChI=1S/C19H23NO2/c1-12-5-7-14(8-6-12)17-9-15-10-18(21-3)19(22-4)11-16(15)13(2)20-17/h5-8,10-11,13,17,20H,9H2,1-4H3/t13-,17-/m1/s1. The summed E-state index contributed by atoms with van der Waals surface area (Å²) in [5.41, 5.74) is 5.24. The van der Waals surface area contributed by atoms with E-state index in [4.69, 9.17) is 9.47 Å². The van der Waals surface area contributed by atoms with Crippen LogP contribution in [-0.4, -0.2) is 14.2 Å². The Morgan fingerprint density at radius 1 is 1.00 bits per heavy atom. The van der Waals surface area contributed by atoms with E-state index in [0.29, 0.717) is 6.04 Å². The number of fused-ring (bicyclic) bond motifs is 1. The quantitative estimate of drug-likeness (QED) is 0.930. The van der Waals surface area contributed by atoms with Crippen molar-refractivity contribution in [3.8, 4) is 11.5 Å². The van der Waals surface area contributed by atoms with Crippen molar-refractivity contribution in [2.45, 2.75) is 32.4 Å². The Bertz CT molecular complexity index is 664. The lowest BCUT2D eigenvalue weighted by Gasteiger charge is -2.32. The van der Waals surface area contributed by atoms with E-state index in [2.05, 4.69) is 55.6 Å². The maximum Gasteiger partial charge on any atom is 0.161 e. The number of hydrogen-bond acceptors (Lipinski definition) is 3. The second kappa shape index (κ2) is 6.01. The molecule has 0 aromatic heterocycles. The molecular formula is C19H23NO2. The molecule has 0 bridgehead atoms. The Kier molecular flexibility index (Phi) is 4.08. The first-order valence-electron chi connectivity index (χ1n) is 7.69. The van der Waals surface area contributed by atoms with E-state index in [1.165, 1.54) is 22.3 Å². The molecule has 2 atom stereocenters. The lowest BCUT2D eigenvalue weighted by Crippen LogP contribution is -2.31. The molecule has 1 aliphatic rings. The van der Waals surface area contributed by atoms with E-state index < -0.39 is 0 Å². The third-order valence-electron chi connectivity index (χ3n) is 4.47. The second-order valence-corrected chi connectivity index (χ2v) is 5.96. The van der Waals surface area contributed by atoms with Gasteiger partial charge in [0.15, 0.2) is 11.5 Å². The molecule has 3 rings (SSSR count). The number of nitrogens with one attached hydrogen (secondary N) is 1. The molecule has 0 aliphatic carbocycles. The molecule has 3 heteroatoms. The van der Waals surface area contributed by atoms with Crippen molar-refractivity contribution >= 4 is 0 Å². The highest BCUT2D eigenvalue weighted by atomic mass is 16.5. The van der Waals surface area contributed by atoms with Crippen molar-refractivity contribution in [2.75, 3.05) is 14.2 Å². The van der Waals surface area contributed by atoms with Gasteiger partial charge in [-0.05, 0) is 49.1 Å². The molecule has 1 N–H and O–H groups in total. The van der Waals surface area contributed by atoms with Gasteiger partial charge in [0, 0.05) is 12.1 Å². The van der Waals surface area contributed by atoms with E-state index in [1.807, 2.05) is 0 Å². The molecule has 0 saturated heterocycles. The first-order valence-corrected chi connectivity index (χ1v) is 7.69. The summed E-state index contributed by atoms with van der Waals surface area (Å²) in [6.45, 7) is 4.32. The summed E-state index contributed by atoms with van der Waals surface area (Å²) in [5.74, 6) is 1.60. The van der Waals surface area contributed by atoms with Gasteiger partial charge in [-0.1, -0.05) is 29.8 Å². The average molecular weight is 297 g/mol. The van der Waals surface area contributed by atoms with Crippen LogP contribution in [0.1, 0.15) is 41.3 Å². The van der Waals surface area contributed by atoms with Crippen LogP contribution >= 0.6 is 0 Å². The van der Waals surface area contributed by atoms with Gasteiger partial charge in [0.25, 0.3) is 0 Å². The zero-order chi connectivity index (χ0) is 15.7. The van der Waals surface area contributed by atoms with Gasteiger partial charge in [-0.25, -0.2) is 0 Å². The highest BCUT2D eigenvalue weighted by molar-refractivity contribution is 5.50. The lowest BCUT2D eigenvalue weighted by molar-refractivity contribution is 0.350. The highest BCUT2D eigenvalue weighted by Crippen LogP contribution is 2.38. The van der Waals surface area contributed by atoms with Crippen LogP contribution in [0.2, 0.25) is 0 Å². The molecular weight excluding hydrogens is 274 g/mol. The van der Waals surface area contributed by atoms with Gasteiger partial charge in [0.2, 0.25) is 0 Å². The van der Waals surface area contributed by atoms with Crippen LogP contribution in [-0.2, 0) is 6.42 Å². The second-order valence-electron chi connectivity index (χ2n) is 5.96. The van der Waals surface area contributed by atoms with Crippen molar-refractivity contribution in [3.05, 3.63) is 58.7 Å². The van der Waals surface area contributed by atoms with Gasteiger partial charge in [-0.2, -0.15) is 0 Å². The fraction of sp³-hybridized carbons (Fsp3) is 0.368. The summed E-state index contributed by atoms with van der Waals surface area (Å²) in [6, 6.07) is 13.6. The van der Waals surface area contributed by atoms with Crippen LogP contribution < -0.4 is 14.8 Å². The molecule has 1 heterocycles. The fourth-order valence-electron chi connectivity index (χ4n) is 3.20. The SMILES string of the molecule is COc1cc2c(cc1OC)[C@@H](C)N[C@@H](c1ccc(C)cc1)C2. The van der Waals surface area contributed by atoms with E-state index in [-0.39, 0.29) is 6.04 Å². The highest BCUT2D eigenvalue weighted by Gasteiger charge is 2.26. The van der Waals surface area contributed by atoms with Gasteiger partial charge in [-0.15, -0.1) is 0 Å². The van der Waals surface area contributed by atoms with E-state index in [0.717, 1.165) is 17.9 Å². The summed E-state index contributed by atoms with van der Waals surface area (Å²) in [6.07, 6.45) is 0.961. The molecule has 116 valence electrons. The largest absolute Gasteiger partial charge is 0.493 e. The predicted molar refractivity (Wildman–Crippen MR) is 88.7 cm³/mol. The summed E-state index contributed by atoms with van der Waals surface area (Å²) in [4.78, 5) is 0. The van der Waals surface area contributed by atoms with E-state index in [9.17, 15) is 0 Å². The Labute approximate surface area is 132 Å². The maximum atomic E-state index is 5.45. The first kappa shape index (κ1) is 14.9. The van der Waals surface area contributed by atoms with Gasteiger partial charge in [-0.3, -0.25) is 0 Å². The Morgan fingerprint density at radius 3 is 2.27 bits per heavy atom. The number of aryl methyl sites for hydroxylation is 1. The Hall–Kier alpha value is -2.00. The number of benzene rings is 2. The molecule has 22 heavy (non-hydrogen) atoms. The van der Waals surface area contributed by atoms with Gasteiger partial charge in [0.1, 0.15) is 0 Å².